The minimum Gasteiger partial charge on any atom is -0.347 e. The molecule has 17 heavy (non-hydrogen) atoms. The molecule has 0 radical (unpaired) electrons. The SMILES string of the molecule is CCC(CN)NC(=O)c1cc(Cl)cn1C1CC1. The van der Waals surface area contributed by atoms with Gasteiger partial charge < -0.3 is 15.6 Å². The molecular formula is C12H18ClN3O. The summed E-state index contributed by atoms with van der Waals surface area (Å²) in [6.07, 6.45) is 4.91. The van der Waals surface area contributed by atoms with Gasteiger partial charge in [-0.15, -0.1) is 0 Å². The number of nitrogens with one attached hydrogen (secondary N) is 1. The van der Waals surface area contributed by atoms with Crippen molar-refractivity contribution in [3.8, 4) is 0 Å². The molecule has 5 heteroatoms. The molecule has 1 aliphatic rings. The molecular weight excluding hydrogens is 238 g/mol. The number of nitrogens with two attached hydrogens (primary N) is 1. The van der Waals surface area contributed by atoms with Crippen LogP contribution in [0.25, 0.3) is 0 Å². The number of hydrogen-bond donors (Lipinski definition) is 2. The molecule has 1 aromatic rings. The second-order valence-corrected chi connectivity index (χ2v) is 4.93. The molecule has 1 unspecified atom stereocenters. The van der Waals surface area contributed by atoms with E-state index in [2.05, 4.69) is 5.32 Å². The average molecular weight is 256 g/mol. The molecule has 94 valence electrons. The molecule has 1 atom stereocenters. The van der Waals surface area contributed by atoms with Gasteiger partial charge in [-0.3, -0.25) is 4.79 Å². The van der Waals surface area contributed by atoms with Gasteiger partial charge in [0.15, 0.2) is 0 Å². The Kier molecular flexibility index (Phi) is 3.74. The highest BCUT2D eigenvalue weighted by molar-refractivity contribution is 6.31. The molecule has 0 aromatic carbocycles. The number of aromatic nitrogens is 1. The summed E-state index contributed by atoms with van der Waals surface area (Å²) in [5, 5.41) is 3.54. The summed E-state index contributed by atoms with van der Waals surface area (Å²) in [4.78, 5) is 12.1. The van der Waals surface area contributed by atoms with E-state index in [9.17, 15) is 4.79 Å². The Morgan fingerprint density at radius 3 is 2.94 bits per heavy atom. The first-order valence-corrected chi connectivity index (χ1v) is 6.41. The topological polar surface area (TPSA) is 60.0 Å². The average Bonchev–Trinajstić information content (AvgIpc) is 3.09. The number of nitrogens with zero attached hydrogens (tertiary/aromatic N) is 1. The highest BCUT2D eigenvalue weighted by Crippen LogP contribution is 2.37. The number of halogens is 1. The number of hydrogen-bond acceptors (Lipinski definition) is 2. The number of amides is 1. The fourth-order valence-electron chi connectivity index (χ4n) is 1.87. The summed E-state index contributed by atoms with van der Waals surface area (Å²) in [6, 6.07) is 2.20. The van der Waals surface area contributed by atoms with Gasteiger partial charge in [-0.25, -0.2) is 0 Å². The third-order valence-electron chi connectivity index (χ3n) is 3.10. The molecule has 3 N–H and O–H groups in total. The van der Waals surface area contributed by atoms with E-state index in [-0.39, 0.29) is 11.9 Å². The first-order valence-electron chi connectivity index (χ1n) is 6.04. The number of carbonyl (C=O) groups is 1. The Morgan fingerprint density at radius 1 is 1.71 bits per heavy atom. The van der Waals surface area contributed by atoms with Crippen molar-refractivity contribution in [1.29, 1.82) is 0 Å². The predicted molar refractivity (Wildman–Crippen MR) is 68.3 cm³/mol. The molecule has 0 spiro atoms. The van der Waals surface area contributed by atoms with Crippen LogP contribution >= 0.6 is 11.6 Å². The maximum Gasteiger partial charge on any atom is 0.268 e. The largest absolute Gasteiger partial charge is 0.347 e. The van der Waals surface area contributed by atoms with Crippen LogP contribution in [0, 0.1) is 0 Å². The lowest BCUT2D eigenvalue weighted by Crippen LogP contribution is -2.40. The van der Waals surface area contributed by atoms with E-state index >= 15 is 0 Å². The van der Waals surface area contributed by atoms with Crippen molar-refractivity contribution in [2.45, 2.75) is 38.3 Å². The summed E-state index contributed by atoms with van der Waals surface area (Å²) >= 11 is 5.96. The van der Waals surface area contributed by atoms with Crippen LogP contribution in [0.15, 0.2) is 12.3 Å². The molecule has 1 aliphatic carbocycles. The Hall–Kier alpha value is -1.00. The highest BCUT2D eigenvalue weighted by atomic mass is 35.5. The van der Waals surface area contributed by atoms with Crippen LogP contribution in [-0.2, 0) is 0 Å². The maximum atomic E-state index is 12.1. The van der Waals surface area contributed by atoms with E-state index in [0.29, 0.717) is 23.3 Å². The van der Waals surface area contributed by atoms with Crippen LogP contribution < -0.4 is 11.1 Å². The zero-order chi connectivity index (χ0) is 12.4. The molecule has 4 nitrogen and oxygen atoms in total. The fraction of sp³-hybridized carbons (Fsp3) is 0.583. The van der Waals surface area contributed by atoms with Gasteiger partial charge in [0.1, 0.15) is 5.69 Å². The van der Waals surface area contributed by atoms with Crippen molar-refractivity contribution >= 4 is 17.5 Å². The lowest BCUT2D eigenvalue weighted by atomic mass is 10.2. The van der Waals surface area contributed by atoms with Gasteiger partial charge in [-0.05, 0) is 25.3 Å². The second-order valence-electron chi connectivity index (χ2n) is 4.50. The molecule has 1 saturated carbocycles. The molecule has 0 aliphatic heterocycles. The third-order valence-corrected chi connectivity index (χ3v) is 3.31. The van der Waals surface area contributed by atoms with Crippen LogP contribution in [0.5, 0.6) is 0 Å². The quantitative estimate of drug-likeness (QED) is 0.845. The summed E-state index contributed by atoms with van der Waals surface area (Å²) in [5.74, 6) is -0.0823. The summed E-state index contributed by atoms with van der Waals surface area (Å²) in [5.41, 5.74) is 6.22. The van der Waals surface area contributed by atoms with Crippen LogP contribution in [0.4, 0.5) is 0 Å². The lowest BCUT2D eigenvalue weighted by molar-refractivity contribution is 0.0927. The van der Waals surface area contributed by atoms with E-state index in [1.54, 1.807) is 6.07 Å². The van der Waals surface area contributed by atoms with Crippen molar-refractivity contribution in [3.05, 3.63) is 23.0 Å². The van der Waals surface area contributed by atoms with Gasteiger partial charge in [0.05, 0.1) is 5.02 Å². The van der Waals surface area contributed by atoms with Crippen LogP contribution in [0.3, 0.4) is 0 Å². The molecule has 0 bridgehead atoms. The molecule has 1 amide bonds. The zero-order valence-electron chi connectivity index (χ0n) is 9.95. The minimum absolute atomic E-state index is 0.0313. The van der Waals surface area contributed by atoms with E-state index < -0.39 is 0 Å². The highest BCUT2D eigenvalue weighted by Gasteiger charge is 2.28. The van der Waals surface area contributed by atoms with Gasteiger partial charge in [-0.1, -0.05) is 18.5 Å². The van der Waals surface area contributed by atoms with E-state index in [4.69, 9.17) is 17.3 Å². The van der Waals surface area contributed by atoms with E-state index in [1.165, 1.54) is 0 Å². The normalized spacial score (nSPS) is 16.9. The van der Waals surface area contributed by atoms with E-state index in [0.717, 1.165) is 19.3 Å². The van der Waals surface area contributed by atoms with Crippen LogP contribution in [-0.4, -0.2) is 23.1 Å². The molecule has 1 aromatic heterocycles. The third kappa shape index (κ3) is 2.82. The van der Waals surface area contributed by atoms with Gasteiger partial charge in [-0.2, -0.15) is 0 Å². The predicted octanol–water partition coefficient (Wildman–Crippen LogP) is 1.94. The Labute approximate surface area is 106 Å². The first-order chi connectivity index (χ1) is 8.15. The first kappa shape index (κ1) is 12.5. The smallest absolute Gasteiger partial charge is 0.268 e. The summed E-state index contributed by atoms with van der Waals surface area (Å²) in [7, 11) is 0. The standard InChI is InChI=1S/C12H18ClN3O/c1-2-9(6-14)15-12(17)11-5-8(13)7-16(11)10-3-4-10/h5,7,9-10H,2-4,6,14H2,1H3,(H,15,17). The van der Waals surface area contributed by atoms with Crippen molar-refractivity contribution in [2.75, 3.05) is 6.54 Å². The molecule has 0 saturated heterocycles. The van der Waals surface area contributed by atoms with Crippen molar-refractivity contribution < 1.29 is 4.79 Å². The summed E-state index contributed by atoms with van der Waals surface area (Å²) < 4.78 is 1.97. The monoisotopic (exact) mass is 255 g/mol. The van der Waals surface area contributed by atoms with Crippen LogP contribution in [0.2, 0.25) is 5.02 Å². The second kappa shape index (κ2) is 5.10. The minimum atomic E-state index is -0.0823. The fourth-order valence-corrected chi connectivity index (χ4v) is 2.08. The van der Waals surface area contributed by atoms with Gasteiger partial charge >= 0.3 is 0 Å². The molecule has 1 heterocycles. The van der Waals surface area contributed by atoms with Crippen molar-refractivity contribution in [3.63, 3.8) is 0 Å². The van der Waals surface area contributed by atoms with Crippen LogP contribution in [0.1, 0.15) is 42.7 Å². The zero-order valence-corrected chi connectivity index (χ0v) is 10.7. The Morgan fingerprint density at radius 2 is 2.41 bits per heavy atom. The van der Waals surface area contributed by atoms with Crippen molar-refractivity contribution in [1.82, 2.24) is 9.88 Å². The lowest BCUT2D eigenvalue weighted by Gasteiger charge is -2.15. The van der Waals surface area contributed by atoms with Gasteiger partial charge in [0.2, 0.25) is 0 Å². The molecule has 2 rings (SSSR count). The van der Waals surface area contributed by atoms with Gasteiger partial charge in [0, 0.05) is 24.8 Å². The van der Waals surface area contributed by atoms with E-state index in [1.807, 2.05) is 17.7 Å². The number of carbonyl (C=O) groups excluding carboxylic acids is 1. The Bertz CT molecular complexity index is 408. The summed E-state index contributed by atoms with van der Waals surface area (Å²) in [6.45, 7) is 2.46. The van der Waals surface area contributed by atoms with Crippen molar-refractivity contribution in [2.24, 2.45) is 5.73 Å². The van der Waals surface area contributed by atoms with Gasteiger partial charge in [0.25, 0.3) is 5.91 Å². The molecule has 1 fully saturated rings. The number of rotatable bonds is 5. The Balaban J connectivity index is 2.12. The maximum absolute atomic E-state index is 12.1.